The smallest absolute Gasteiger partial charge is 0.358 e. The van der Waals surface area contributed by atoms with Gasteiger partial charge in [0, 0.05) is 16.5 Å². The van der Waals surface area contributed by atoms with Crippen molar-refractivity contribution < 1.29 is 33.3 Å². The maximum Gasteiger partial charge on any atom is 0.358 e. The molecule has 188 valence electrons. The molecule has 1 aliphatic rings. The minimum atomic E-state index is -0.772. The van der Waals surface area contributed by atoms with E-state index in [2.05, 4.69) is 4.98 Å². The summed E-state index contributed by atoms with van der Waals surface area (Å²) in [6.07, 6.45) is -0.462. The van der Waals surface area contributed by atoms with E-state index in [0.29, 0.717) is 26.9 Å². The van der Waals surface area contributed by atoms with Crippen molar-refractivity contribution in [2.75, 3.05) is 13.7 Å². The van der Waals surface area contributed by atoms with Gasteiger partial charge in [-0.05, 0) is 55.5 Å². The number of benzene rings is 2. The first-order valence-electron chi connectivity index (χ1n) is 10.9. The summed E-state index contributed by atoms with van der Waals surface area (Å²) in [6.45, 7) is 1.53. The molecule has 0 spiro atoms. The van der Waals surface area contributed by atoms with Gasteiger partial charge in [-0.15, -0.1) is 0 Å². The maximum absolute atomic E-state index is 12.8. The molecule has 2 aromatic carbocycles. The summed E-state index contributed by atoms with van der Waals surface area (Å²) >= 11 is 11.8. The van der Waals surface area contributed by atoms with E-state index in [1.807, 2.05) is 0 Å². The number of esters is 3. The number of hydrogen-bond donors (Lipinski definition) is 0. The summed E-state index contributed by atoms with van der Waals surface area (Å²) in [5.74, 6) is -1.73. The molecule has 36 heavy (non-hydrogen) atoms. The fourth-order valence-corrected chi connectivity index (χ4v) is 4.03. The van der Waals surface area contributed by atoms with Crippen LogP contribution in [0.4, 0.5) is 0 Å². The number of aromatic nitrogens is 2. The molecule has 1 aromatic heterocycles. The van der Waals surface area contributed by atoms with E-state index < -0.39 is 36.3 Å². The zero-order valence-corrected chi connectivity index (χ0v) is 20.9. The number of hydrogen-bond acceptors (Lipinski definition) is 8. The first-order valence-corrected chi connectivity index (χ1v) is 11.7. The molecule has 0 aliphatic carbocycles. The number of ether oxygens (including phenoxy) is 4. The first-order chi connectivity index (χ1) is 17.3. The molecule has 2 heterocycles. The molecule has 11 heteroatoms. The van der Waals surface area contributed by atoms with Crippen LogP contribution >= 0.6 is 23.2 Å². The van der Waals surface area contributed by atoms with Gasteiger partial charge in [-0.3, -0.25) is 0 Å². The van der Waals surface area contributed by atoms with Crippen LogP contribution in [0.3, 0.4) is 0 Å². The number of rotatable bonds is 7. The topological polar surface area (TPSA) is 106 Å². The molecule has 0 saturated carbocycles. The molecule has 0 amide bonds. The molecule has 1 saturated heterocycles. The zero-order valence-electron chi connectivity index (χ0n) is 19.4. The second-order valence-corrected chi connectivity index (χ2v) is 8.87. The molecular weight excluding hydrogens is 511 g/mol. The second-order valence-electron chi connectivity index (χ2n) is 8.00. The van der Waals surface area contributed by atoms with Crippen molar-refractivity contribution in [1.82, 2.24) is 9.55 Å². The van der Waals surface area contributed by atoms with E-state index in [9.17, 15) is 14.4 Å². The summed E-state index contributed by atoms with van der Waals surface area (Å²) in [7, 11) is 1.27. The number of carbonyl (C=O) groups excluding carboxylic acids is 3. The van der Waals surface area contributed by atoms with Crippen molar-refractivity contribution >= 4 is 41.1 Å². The molecule has 1 aliphatic heterocycles. The van der Waals surface area contributed by atoms with E-state index in [0.717, 1.165) is 0 Å². The Balaban J connectivity index is 1.51. The van der Waals surface area contributed by atoms with Crippen LogP contribution in [0, 0.1) is 6.92 Å². The lowest BCUT2D eigenvalue weighted by molar-refractivity contribution is -0.0575. The summed E-state index contributed by atoms with van der Waals surface area (Å²) in [6, 6.07) is 12.5. The van der Waals surface area contributed by atoms with Gasteiger partial charge >= 0.3 is 17.9 Å². The average Bonchev–Trinajstić information content (AvgIpc) is 3.45. The normalized spacial score (nSPS) is 19.1. The number of methoxy groups -OCH3 is 1. The predicted octanol–water partition coefficient (Wildman–Crippen LogP) is 4.66. The van der Waals surface area contributed by atoms with Crippen LogP contribution in [0.2, 0.25) is 10.0 Å². The summed E-state index contributed by atoms with van der Waals surface area (Å²) < 4.78 is 23.7. The zero-order chi connectivity index (χ0) is 25.8. The second kappa shape index (κ2) is 11.1. The van der Waals surface area contributed by atoms with E-state index in [1.165, 1.54) is 13.4 Å². The van der Waals surface area contributed by atoms with E-state index >= 15 is 0 Å². The van der Waals surface area contributed by atoms with Crippen molar-refractivity contribution in [2.24, 2.45) is 0 Å². The molecule has 0 radical (unpaired) electrons. The van der Waals surface area contributed by atoms with Gasteiger partial charge in [0.2, 0.25) is 0 Å². The Morgan fingerprint density at radius 3 is 2.14 bits per heavy atom. The Kier molecular flexibility index (Phi) is 7.93. The van der Waals surface area contributed by atoms with Crippen molar-refractivity contribution in [3.8, 4) is 0 Å². The van der Waals surface area contributed by atoms with Gasteiger partial charge in [0.15, 0.2) is 5.69 Å². The van der Waals surface area contributed by atoms with Crippen LogP contribution in [0.15, 0.2) is 54.9 Å². The molecule has 1 fully saturated rings. The number of nitrogens with zero attached hydrogens (tertiary/aromatic N) is 2. The van der Waals surface area contributed by atoms with Gasteiger partial charge in [0.25, 0.3) is 0 Å². The molecule has 1 unspecified atom stereocenters. The number of halogens is 2. The Labute approximate surface area is 216 Å². The highest BCUT2D eigenvalue weighted by atomic mass is 35.5. The quantitative estimate of drug-likeness (QED) is 0.319. The third-order valence-electron chi connectivity index (χ3n) is 5.71. The van der Waals surface area contributed by atoms with Crippen molar-refractivity contribution in [3.05, 3.63) is 87.4 Å². The van der Waals surface area contributed by atoms with Gasteiger partial charge in [-0.1, -0.05) is 23.2 Å². The SMILES string of the molecule is COC(=O)c1ncn([C@H]2CC(OC(=O)c3ccc(Cl)cc3)[C@@H](COC(=O)c3ccc(Cl)cc3)O2)c1C. The minimum Gasteiger partial charge on any atom is -0.464 e. The molecular formula is C25H22Cl2N2O7. The van der Waals surface area contributed by atoms with Crippen LogP contribution in [0.25, 0.3) is 0 Å². The van der Waals surface area contributed by atoms with Crippen LogP contribution < -0.4 is 0 Å². The maximum atomic E-state index is 12.8. The van der Waals surface area contributed by atoms with Crippen molar-refractivity contribution in [3.63, 3.8) is 0 Å². The Bertz CT molecular complexity index is 1260. The highest BCUT2D eigenvalue weighted by Gasteiger charge is 2.41. The molecule has 4 rings (SSSR count). The largest absolute Gasteiger partial charge is 0.464 e. The molecule has 3 atom stereocenters. The van der Waals surface area contributed by atoms with Gasteiger partial charge in [-0.2, -0.15) is 0 Å². The minimum absolute atomic E-state index is 0.147. The van der Waals surface area contributed by atoms with E-state index in [4.69, 9.17) is 42.1 Å². The third-order valence-corrected chi connectivity index (χ3v) is 6.21. The highest BCUT2D eigenvalue weighted by Crippen LogP contribution is 2.33. The summed E-state index contributed by atoms with van der Waals surface area (Å²) in [5, 5.41) is 0.976. The van der Waals surface area contributed by atoms with Crippen LogP contribution in [0.1, 0.15) is 49.5 Å². The number of imidazole rings is 1. The van der Waals surface area contributed by atoms with Gasteiger partial charge < -0.3 is 23.5 Å². The Hall–Kier alpha value is -3.40. The fourth-order valence-electron chi connectivity index (χ4n) is 3.77. The van der Waals surface area contributed by atoms with Crippen LogP contribution in [-0.4, -0.2) is 53.4 Å². The van der Waals surface area contributed by atoms with E-state index in [-0.39, 0.29) is 18.7 Å². The Morgan fingerprint density at radius 1 is 0.972 bits per heavy atom. The predicted molar refractivity (Wildman–Crippen MR) is 129 cm³/mol. The lowest BCUT2D eigenvalue weighted by Gasteiger charge is -2.19. The van der Waals surface area contributed by atoms with Crippen LogP contribution in [-0.2, 0) is 18.9 Å². The average molecular weight is 533 g/mol. The third kappa shape index (κ3) is 5.70. The van der Waals surface area contributed by atoms with Gasteiger partial charge in [0.1, 0.15) is 25.0 Å². The molecule has 0 N–H and O–H groups in total. The van der Waals surface area contributed by atoms with Gasteiger partial charge in [-0.25, -0.2) is 19.4 Å². The molecule has 0 bridgehead atoms. The Morgan fingerprint density at radius 2 is 1.56 bits per heavy atom. The molecule has 9 nitrogen and oxygen atoms in total. The summed E-state index contributed by atoms with van der Waals surface area (Å²) in [5.41, 5.74) is 1.30. The summed E-state index contributed by atoms with van der Waals surface area (Å²) in [4.78, 5) is 41.4. The van der Waals surface area contributed by atoms with Crippen molar-refractivity contribution in [2.45, 2.75) is 31.8 Å². The van der Waals surface area contributed by atoms with Crippen LogP contribution in [0.5, 0.6) is 0 Å². The molecule has 3 aromatic rings. The lowest BCUT2D eigenvalue weighted by atomic mass is 10.1. The fraction of sp³-hybridized carbons (Fsp3) is 0.280. The highest BCUT2D eigenvalue weighted by molar-refractivity contribution is 6.31. The van der Waals surface area contributed by atoms with Gasteiger partial charge in [0.05, 0.1) is 30.3 Å². The van der Waals surface area contributed by atoms with Crippen molar-refractivity contribution in [1.29, 1.82) is 0 Å². The standard InChI is InChI=1S/C25H22Cl2N2O7/c1-14-22(25(32)33-2)28-13-29(14)21-11-19(36-24(31)16-5-9-18(27)10-6-16)20(35-21)12-34-23(30)15-3-7-17(26)8-4-15/h3-10,13,19-21H,11-12H2,1-2H3/t19?,20-,21-/m1/s1. The first kappa shape index (κ1) is 25.7. The lowest BCUT2D eigenvalue weighted by Crippen LogP contribution is -2.32. The monoisotopic (exact) mass is 532 g/mol. The number of carbonyl (C=O) groups is 3. The van der Waals surface area contributed by atoms with E-state index in [1.54, 1.807) is 60.0 Å².